The van der Waals surface area contributed by atoms with Crippen LogP contribution in [-0.4, -0.2) is 36.6 Å². The number of carbonyl (C=O) groups is 2. The number of nitrogens with one attached hydrogen (secondary N) is 4. The van der Waals surface area contributed by atoms with Crippen molar-refractivity contribution in [2.24, 2.45) is 5.73 Å². The Bertz CT molecular complexity index is 1730. The lowest BCUT2D eigenvalue weighted by Crippen LogP contribution is -2.37. The second-order valence-electron chi connectivity index (χ2n) is 10.4. The highest BCUT2D eigenvalue weighted by atomic mass is 19.4. The molecule has 6 N–H and O–H groups in total. The molecule has 4 aromatic carbocycles. The lowest BCUT2D eigenvalue weighted by Gasteiger charge is -2.23. The molecule has 13 heteroatoms. The smallest absolute Gasteiger partial charge is 0.490 e. The van der Waals surface area contributed by atoms with Crippen molar-refractivity contribution in [2.45, 2.75) is 39.1 Å². The molecule has 0 heterocycles. The van der Waals surface area contributed by atoms with Crippen molar-refractivity contribution < 1.29 is 37.0 Å². The van der Waals surface area contributed by atoms with Gasteiger partial charge in [-0.3, -0.25) is 21.1 Å². The van der Waals surface area contributed by atoms with Gasteiger partial charge < -0.3 is 25.3 Å². The van der Waals surface area contributed by atoms with Gasteiger partial charge in [-0.1, -0.05) is 54.6 Å². The number of benzene rings is 4. The van der Waals surface area contributed by atoms with E-state index in [9.17, 15) is 22.8 Å². The first-order valence-corrected chi connectivity index (χ1v) is 14.5. The minimum Gasteiger partial charge on any atom is -0.490 e. The lowest BCUT2D eigenvalue weighted by molar-refractivity contribution is -0.189. The molecule has 246 valence electrons. The molecule has 0 aliphatic heterocycles. The van der Waals surface area contributed by atoms with E-state index >= 15 is 0 Å². The summed E-state index contributed by atoms with van der Waals surface area (Å²) in [6.45, 7) is 5.81. The molecule has 4 aromatic rings. The maximum atomic E-state index is 13.9. The molecule has 0 aromatic heterocycles. The Morgan fingerprint density at radius 1 is 0.894 bits per heavy atom. The molecule has 10 nitrogen and oxygen atoms in total. The zero-order chi connectivity index (χ0) is 34.1. The zero-order valence-electron chi connectivity index (χ0n) is 25.8. The fourth-order valence-corrected chi connectivity index (χ4v) is 4.53. The first-order chi connectivity index (χ1) is 22.4. The number of hydrogen-bond donors (Lipinski definition) is 5. The second kappa shape index (κ2) is 15.0. The number of hydrazine groups is 1. The monoisotopic (exact) mass is 649 g/mol. The van der Waals surface area contributed by atoms with E-state index in [0.29, 0.717) is 29.4 Å². The summed E-state index contributed by atoms with van der Waals surface area (Å²) in [4.78, 5) is 25.5. The summed E-state index contributed by atoms with van der Waals surface area (Å²) < 4.78 is 55.3. The number of nitrogens with two attached hydrogens (primary N) is 1. The number of halogens is 3. The fourth-order valence-electron chi connectivity index (χ4n) is 4.53. The highest BCUT2D eigenvalue weighted by Gasteiger charge is 2.42. The largest absolute Gasteiger partial charge is 0.491 e. The van der Waals surface area contributed by atoms with E-state index in [1.807, 2.05) is 56.3 Å². The highest BCUT2D eigenvalue weighted by Crippen LogP contribution is 2.34. The molecule has 0 saturated carbocycles. The van der Waals surface area contributed by atoms with Gasteiger partial charge in [0.15, 0.2) is 11.5 Å². The number of para-hydroxylation sites is 1. The van der Waals surface area contributed by atoms with Gasteiger partial charge in [0.2, 0.25) is 0 Å². The van der Waals surface area contributed by atoms with E-state index in [0.717, 1.165) is 17.2 Å². The third-order valence-corrected chi connectivity index (χ3v) is 6.57. The topological polar surface area (TPSA) is 148 Å². The summed E-state index contributed by atoms with van der Waals surface area (Å²) in [5, 5.41) is 10.7. The summed E-state index contributed by atoms with van der Waals surface area (Å²) >= 11 is 0. The number of anilines is 2. The predicted molar refractivity (Wildman–Crippen MR) is 173 cm³/mol. The van der Waals surface area contributed by atoms with E-state index < -0.39 is 35.7 Å². The Hall–Kier alpha value is -5.72. The van der Waals surface area contributed by atoms with Crippen LogP contribution in [0, 0.1) is 5.41 Å². The Morgan fingerprint density at radius 2 is 1.60 bits per heavy atom. The number of hydrogen-bond acceptors (Lipinski definition) is 8. The molecule has 0 aliphatic carbocycles. The minimum atomic E-state index is -5.29. The van der Waals surface area contributed by atoms with Gasteiger partial charge in [-0.25, -0.2) is 4.79 Å². The number of ether oxygens (including phenoxy) is 3. The summed E-state index contributed by atoms with van der Waals surface area (Å²) in [7, 11) is 0. The van der Waals surface area contributed by atoms with Crippen molar-refractivity contribution in [3.8, 4) is 28.4 Å². The van der Waals surface area contributed by atoms with Crippen LogP contribution in [0.2, 0.25) is 0 Å². The third kappa shape index (κ3) is 8.93. The van der Waals surface area contributed by atoms with Crippen LogP contribution in [0.15, 0.2) is 91.0 Å². The Balaban J connectivity index is 1.71. The lowest BCUT2D eigenvalue weighted by atomic mass is 10.0. The maximum absolute atomic E-state index is 13.9. The van der Waals surface area contributed by atoms with E-state index in [-0.39, 0.29) is 17.4 Å². The number of amides is 1. The Labute approximate surface area is 269 Å². The average molecular weight is 650 g/mol. The average Bonchev–Trinajstić information content (AvgIpc) is 3.03. The number of nitrogen functional groups attached to an aromatic ring is 1. The van der Waals surface area contributed by atoms with Crippen LogP contribution in [-0.2, 0) is 9.59 Å². The van der Waals surface area contributed by atoms with Crippen molar-refractivity contribution in [1.82, 2.24) is 5.43 Å². The first-order valence-electron chi connectivity index (χ1n) is 14.5. The first kappa shape index (κ1) is 34.2. The van der Waals surface area contributed by atoms with Gasteiger partial charge in [0.05, 0.1) is 24.0 Å². The normalized spacial score (nSPS) is 11.7. The van der Waals surface area contributed by atoms with Crippen LogP contribution < -0.4 is 36.1 Å². The molecular weight excluding hydrogens is 615 g/mol. The molecule has 0 bridgehead atoms. The molecule has 0 spiro atoms. The molecule has 1 atom stereocenters. The van der Waals surface area contributed by atoms with E-state index in [1.165, 1.54) is 12.1 Å². The van der Waals surface area contributed by atoms with Gasteiger partial charge in [0, 0.05) is 17.3 Å². The SMILES string of the molecule is CCOc1cc(C(Nc2ccc(C(=N)N)c(OC(=O)C(F)(F)F)c2)C(=O)NNc2ccccc2-c2ccccc2)ccc1OC(C)C. The standard InChI is InChI=1S/C34H34F3N5O5/c1-4-45-29-18-22(14-17-27(29)46-20(2)3)30(32(43)42-41-26-13-9-8-12-24(26)21-10-6-5-7-11-21)40-23-15-16-25(31(38)39)28(19-23)47-33(44)34(35,36)37/h5-20,30,40-41H,4H2,1-3H3,(H3,38,39)(H,42,43). The van der Waals surface area contributed by atoms with Gasteiger partial charge in [-0.15, -0.1) is 0 Å². The van der Waals surface area contributed by atoms with Crippen LogP contribution >= 0.6 is 0 Å². The fraction of sp³-hybridized carbons (Fsp3) is 0.206. The molecule has 0 radical (unpaired) electrons. The minimum absolute atomic E-state index is 0.0882. The van der Waals surface area contributed by atoms with Crippen molar-refractivity contribution in [3.63, 3.8) is 0 Å². The van der Waals surface area contributed by atoms with Crippen LogP contribution in [0.5, 0.6) is 17.2 Å². The van der Waals surface area contributed by atoms with E-state index in [2.05, 4.69) is 20.9 Å². The number of amidine groups is 1. The van der Waals surface area contributed by atoms with E-state index in [4.69, 9.17) is 20.6 Å². The molecule has 4 rings (SSSR count). The van der Waals surface area contributed by atoms with Gasteiger partial charge in [-0.2, -0.15) is 13.2 Å². The van der Waals surface area contributed by atoms with E-state index in [1.54, 1.807) is 37.3 Å². The molecule has 0 saturated heterocycles. The number of esters is 1. The molecular formula is C34H34F3N5O5. The van der Waals surface area contributed by atoms with Crippen LogP contribution in [0.1, 0.15) is 37.9 Å². The van der Waals surface area contributed by atoms with Crippen LogP contribution in [0.25, 0.3) is 11.1 Å². The zero-order valence-corrected chi connectivity index (χ0v) is 25.8. The van der Waals surface area contributed by atoms with Crippen molar-refractivity contribution >= 4 is 29.1 Å². The quantitative estimate of drug-likeness (QED) is 0.0359. The molecule has 1 amide bonds. The molecule has 47 heavy (non-hydrogen) atoms. The number of alkyl halides is 3. The van der Waals surface area contributed by atoms with Crippen LogP contribution in [0.4, 0.5) is 24.5 Å². The highest BCUT2D eigenvalue weighted by molar-refractivity contribution is 5.99. The summed E-state index contributed by atoms with van der Waals surface area (Å²) in [5.74, 6) is -3.50. The third-order valence-electron chi connectivity index (χ3n) is 6.57. The number of rotatable bonds is 13. The van der Waals surface area contributed by atoms with Gasteiger partial charge in [-0.05, 0) is 62.2 Å². The molecule has 0 fully saturated rings. The van der Waals surface area contributed by atoms with Gasteiger partial charge in [0.25, 0.3) is 5.91 Å². The second-order valence-corrected chi connectivity index (χ2v) is 10.4. The van der Waals surface area contributed by atoms with Crippen LogP contribution in [0.3, 0.4) is 0 Å². The summed E-state index contributed by atoms with van der Waals surface area (Å²) in [6.07, 6.45) is -5.46. The van der Waals surface area contributed by atoms with Crippen molar-refractivity contribution in [1.29, 1.82) is 5.41 Å². The molecule has 1 unspecified atom stereocenters. The van der Waals surface area contributed by atoms with Gasteiger partial charge in [0.1, 0.15) is 17.6 Å². The van der Waals surface area contributed by atoms with Crippen molar-refractivity contribution in [3.05, 3.63) is 102 Å². The summed E-state index contributed by atoms with van der Waals surface area (Å²) in [5.41, 5.74) is 13.8. The summed E-state index contributed by atoms with van der Waals surface area (Å²) in [6, 6.07) is 24.3. The number of carbonyl (C=O) groups excluding carboxylic acids is 2. The Morgan fingerprint density at radius 3 is 2.26 bits per heavy atom. The predicted octanol–water partition coefficient (Wildman–Crippen LogP) is 6.59. The van der Waals surface area contributed by atoms with Gasteiger partial charge >= 0.3 is 12.1 Å². The Kier molecular flexibility index (Phi) is 10.9. The van der Waals surface area contributed by atoms with Crippen molar-refractivity contribution in [2.75, 3.05) is 17.3 Å². The molecule has 0 aliphatic rings. The maximum Gasteiger partial charge on any atom is 0.491 e.